The molecule has 0 aliphatic rings. The van der Waals surface area contributed by atoms with Crippen molar-refractivity contribution in [1.29, 1.82) is 0 Å². The van der Waals surface area contributed by atoms with Crippen molar-refractivity contribution in [3.05, 3.63) is 65.2 Å². The Labute approximate surface area is 141 Å². The average Bonchev–Trinajstić information content (AvgIpc) is 2.60. The molecular formula is C20H19NO3. The summed E-state index contributed by atoms with van der Waals surface area (Å²) in [5.74, 6) is 6.56. The third kappa shape index (κ3) is 5.29. The number of methoxy groups -OCH3 is 1. The van der Waals surface area contributed by atoms with Crippen molar-refractivity contribution in [2.45, 2.75) is 13.3 Å². The molecule has 0 heterocycles. The number of hydrogen-bond acceptors (Lipinski definition) is 3. The Morgan fingerprint density at radius 2 is 1.71 bits per heavy atom. The van der Waals surface area contributed by atoms with Crippen LogP contribution < -0.4 is 10.1 Å². The fourth-order valence-corrected chi connectivity index (χ4v) is 2.07. The number of hydrogen-bond donors (Lipinski definition) is 1. The number of benzene rings is 2. The van der Waals surface area contributed by atoms with Crippen molar-refractivity contribution in [3.63, 3.8) is 0 Å². The molecule has 0 atom stereocenters. The maximum atomic E-state index is 11.9. The number of Topliss-reactive ketones (excluding diaryl/α,β-unsaturated/α-hetero) is 1. The minimum Gasteiger partial charge on any atom is -0.497 e. The minimum atomic E-state index is -0.0820. The second-order valence-electron chi connectivity index (χ2n) is 5.24. The van der Waals surface area contributed by atoms with Gasteiger partial charge in [-0.2, -0.15) is 0 Å². The van der Waals surface area contributed by atoms with Crippen LogP contribution in [0.25, 0.3) is 0 Å². The summed E-state index contributed by atoms with van der Waals surface area (Å²) < 4.78 is 5.08. The van der Waals surface area contributed by atoms with E-state index >= 15 is 0 Å². The normalized spacial score (nSPS) is 9.58. The van der Waals surface area contributed by atoms with Gasteiger partial charge in [-0.15, -0.1) is 0 Å². The molecule has 0 unspecified atom stereocenters. The van der Waals surface area contributed by atoms with Gasteiger partial charge in [-0.1, -0.05) is 36.1 Å². The van der Waals surface area contributed by atoms with E-state index in [1.54, 1.807) is 31.4 Å². The van der Waals surface area contributed by atoms with Gasteiger partial charge in [0, 0.05) is 11.1 Å². The van der Waals surface area contributed by atoms with Crippen LogP contribution >= 0.6 is 0 Å². The van der Waals surface area contributed by atoms with E-state index in [4.69, 9.17) is 4.74 Å². The predicted molar refractivity (Wildman–Crippen MR) is 93.0 cm³/mol. The van der Waals surface area contributed by atoms with Gasteiger partial charge in [0.25, 0.3) is 0 Å². The number of rotatable bonds is 5. The van der Waals surface area contributed by atoms with E-state index in [9.17, 15) is 9.59 Å². The molecule has 0 bridgehead atoms. The number of ketones is 1. The molecule has 0 radical (unpaired) electrons. The maximum Gasteiger partial charge on any atom is 0.225 e. The van der Waals surface area contributed by atoms with Gasteiger partial charge in [0.15, 0.2) is 5.78 Å². The topological polar surface area (TPSA) is 55.4 Å². The van der Waals surface area contributed by atoms with Gasteiger partial charge in [0.05, 0.1) is 20.1 Å². The number of nitrogens with one attached hydrogen (secondary N) is 1. The largest absolute Gasteiger partial charge is 0.497 e. The van der Waals surface area contributed by atoms with Crippen LogP contribution in [0.5, 0.6) is 5.75 Å². The first kappa shape index (κ1) is 17.3. The molecule has 2 rings (SSSR count). The van der Waals surface area contributed by atoms with Crippen LogP contribution in [0.3, 0.4) is 0 Å². The first-order valence-corrected chi connectivity index (χ1v) is 7.58. The van der Waals surface area contributed by atoms with Gasteiger partial charge in [0.1, 0.15) is 5.75 Å². The summed E-state index contributed by atoms with van der Waals surface area (Å²) in [7, 11) is 1.61. The zero-order valence-corrected chi connectivity index (χ0v) is 13.8. The summed E-state index contributed by atoms with van der Waals surface area (Å²) in [5.41, 5.74) is 2.39. The molecule has 0 saturated heterocycles. The highest BCUT2D eigenvalue weighted by molar-refractivity contribution is 5.94. The molecule has 2 aromatic carbocycles. The van der Waals surface area contributed by atoms with Gasteiger partial charge >= 0.3 is 0 Å². The zero-order chi connectivity index (χ0) is 17.4. The molecule has 0 aromatic heterocycles. The SMILES string of the molecule is COc1ccc(CC(=O)NCC#Cc2ccc(C(C)=O)cc2)cc1. The second-order valence-corrected chi connectivity index (χ2v) is 5.24. The van der Waals surface area contributed by atoms with Gasteiger partial charge in [-0.3, -0.25) is 9.59 Å². The Kier molecular flexibility index (Phi) is 6.16. The Bertz CT molecular complexity index is 765. The number of amides is 1. The molecule has 0 spiro atoms. The Balaban J connectivity index is 1.81. The fourth-order valence-electron chi connectivity index (χ4n) is 2.07. The smallest absolute Gasteiger partial charge is 0.225 e. The molecule has 4 heteroatoms. The van der Waals surface area contributed by atoms with Crippen molar-refractivity contribution >= 4 is 11.7 Å². The molecule has 1 amide bonds. The Morgan fingerprint density at radius 1 is 1.04 bits per heavy atom. The summed E-state index contributed by atoms with van der Waals surface area (Å²) in [6.07, 6.45) is 0.305. The lowest BCUT2D eigenvalue weighted by Gasteiger charge is -2.03. The summed E-state index contributed by atoms with van der Waals surface area (Å²) >= 11 is 0. The zero-order valence-electron chi connectivity index (χ0n) is 13.8. The van der Waals surface area contributed by atoms with Gasteiger partial charge in [0.2, 0.25) is 5.91 Å². The number of carbonyl (C=O) groups excluding carboxylic acids is 2. The Morgan fingerprint density at radius 3 is 2.29 bits per heavy atom. The molecule has 2 aromatic rings. The average molecular weight is 321 g/mol. The lowest BCUT2D eigenvalue weighted by molar-refractivity contribution is -0.120. The third-order valence-corrected chi connectivity index (χ3v) is 3.42. The van der Waals surface area contributed by atoms with E-state index in [1.807, 2.05) is 24.3 Å². The monoisotopic (exact) mass is 321 g/mol. The molecular weight excluding hydrogens is 302 g/mol. The van der Waals surface area contributed by atoms with Crippen LogP contribution in [-0.2, 0) is 11.2 Å². The molecule has 1 N–H and O–H groups in total. The molecule has 24 heavy (non-hydrogen) atoms. The first-order valence-electron chi connectivity index (χ1n) is 7.58. The predicted octanol–water partition coefficient (Wildman–Crippen LogP) is 2.61. The van der Waals surface area contributed by atoms with Crippen molar-refractivity contribution in [1.82, 2.24) is 5.32 Å². The van der Waals surface area contributed by atoms with Crippen molar-refractivity contribution in [3.8, 4) is 17.6 Å². The van der Waals surface area contributed by atoms with Crippen LogP contribution in [0, 0.1) is 11.8 Å². The lowest BCUT2D eigenvalue weighted by atomic mass is 10.1. The van der Waals surface area contributed by atoms with Crippen molar-refractivity contribution in [2.75, 3.05) is 13.7 Å². The van der Waals surface area contributed by atoms with Crippen LogP contribution in [0.15, 0.2) is 48.5 Å². The van der Waals surface area contributed by atoms with E-state index in [0.717, 1.165) is 16.9 Å². The summed E-state index contributed by atoms with van der Waals surface area (Å²) in [6, 6.07) is 14.5. The van der Waals surface area contributed by atoms with Gasteiger partial charge in [-0.25, -0.2) is 0 Å². The van der Waals surface area contributed by atoms with Crippen LogP contribution in [0.4, 0.5) is 0 Å². The van der Waals surface area contributed by atoms with Gasteiger partial charge < -0.3 is 10.1 Å². The van der Waals surface area contributed by atoms with Gasteiger partial charge in [-0.05, 0) is 36.8 Å². The Hall–Kier alpha value is -3.06. The lowest BCUT2D eigenvalue weighted by Crippen LogP contribution is -2.25. The maximum absolute atomic E-state index is 11.9. The van der Waals surface area contributed by atoms with E-state index in [1.165, 1.54) is 6.92 Å². The quantitative estimate of drug-likeness (QED) is 0.680. The number of carbonyl (C=O) groups is 2. The molecule has 122 valence electrons. The molecule has 0 aliphatic carbocycles. The molecule has 0 aliphatic heterocycles. The first-order chi connectivity index (χ1) is 11.6. The van der Waals surface area contributed by atoms with E-state index in [-0.39, 0.29) is 18.2 Å². The van der Waals surface area contributed by atoms with Crippen LogP contribution in [0.2, 0.25) is 0 Å². The molecule has 4 nitrogen and oxygen atoms in total. The van der Waals surface area contributed by atoms with E-state index in [0.29, 0.717) is 12.0 Å². The highest BCUT2D eigenvalue weighted by Crippen LogP contribution is 2.11. The standard InChI is InChI=1S/C20H19NO3/c1-15(22)18-9-5-16(6-10-18)4-3-13-21-20(23)14-17-7-11-19(24-2)12-8-17/h5-12H,13-14H2,1-2H3,(H,21,23). The summed E-state index contributed by atoms with van der Waals surface area (Å²) in [5, 5.41) is 2.76. The second kappa shape index (κ2) is 8.54. The highest BCUT2D eigenvalue weighted by atomic mass is 16.5. The molecule has 0 saturated carbocycles. The highest BCUT2D eigenvalue weighted by Gasteiger charge is 2.02. The summed E-state index contributed by atoms with van der Waals surface area (Å²) in [6.45, 7) is 1.81. The van der Waals surface area contributed by atoms with Crippen LogP contribution in [0.1, 0.15) is 28.4 Å². The number of ether oxygens (including phenoxy) is 1. The minimum absolute atomic E-state index is 0.0281. The molecule has 0 fully saturated rings. The summed E-state index contributed by atoms with van der Waals surface area (Å²) in [4.78, 5) is 23.0. The van der Waals surface area contributed by atoms with E-state index < -0.39 is 0 Å². The van der Waals surface area contributed by atoms with E-state index in [2.05, 4.69) is 17.2 Å². The van der Waals surface area contributed by atoms with Crippen LogP contribution in [-0.4, -0.2) is 25.3 Å². The fraction of sp³-hybridized carbons (Fsp3) is 0.200. The van der Waals surface area contributed by atoms with Crippen molar-refractivity contribution < 1.29 is 14.3 Å². The third-order valence-electron chi connectivity index (χ3n) is 3.42. The van der Waals surface area contributed by atoms with Crippen molar-refractivity contribution in [2.24, 2.45) is 0 Å².